The first kappa shape index (κ1) is 27.4. The molecule has 0 radical (unpaired) electrons. The van der Waals surface area contributed by atoms with Crippen molar-refractivity contribution in [1.29, 1.82) is 0 Å². The highest BCUT2D eigenvalue weighted by molar-refractivity contribution is 7.86. The topological polar surface area (TPSA) is 134 Å². The number of nitrogens with one attached hydrogen (secondary N) is 1. The van der Waals surface area contributed by atoms with Gasteiger partial charge in [0, 0.05) is 16.8 Å². The third-order valence-electron chi connectivity index (χ3n) is 5.41. The predicted molar refractivity (Wildman–Crippen MR) is 140 cm³/mol. The molecule has 1 unspecified atom stereocenters. The molecule has 1 atom stereocenters. The van der Waals surface area contributed by atoms with Gasteiger partial charge in [-0.2, -0.15) is 0 Å². The van der Waals surface area contributed by atoms with Crippen molar-refractivity contribution in [2.75, 3.05) is 31.3 Å². The molecule has 10 heteroatoms. The van der Waals surface area contributed by atoms with Crippen molar-refractivity contribution in [2.45, 2.75) is 24.7 Å². The van der Waals surface area contributed by atoms with Crippen LogP contribution in [0.15, 0.2) is 65.6 Å². The van der Waals surface area contributed by atoms with E-state index >= 15 is 0 Å². The molecule has 0 heterocycles. The summed E-state index contributed by atoms with van der Waals surface area (Å²) in [4.78, 5) is 38.0. The lowest BCUT2D eigenvalue weighted by Gasteiger charge is -2.13. The molecule has 194 valence electrons. The van der Waals surface area contributed by atoms with Crippen molar-refractivity contribution in [3.63, 3.8) is 0 Å². The van der Waals surface area contributed by atoms with Crippen LogP contribution in [-0.4, -0.2) is 42.8 Å². The molecule has 3 aromatic rings. The molecule has 0 aliphatic carbocycles. The van der Waals surface area contributed by atoms with Gasteiger partial charge in [-0.05, 0) is 67.1 Å². The molecule has 3 N–H and O–H groups in total. The first-order chi connectivity index (χ1) is 17.8. The van der Waals surface area contributed by atoms with E-state index in [4.69, 9.17) is 19.9 Å². The van der Waals surface area contributed by atoms with Crippen molar-refractivity contribution < 1.29 is 32.8 Å². The number of carbonyl (C=O) groups is 3. The minimum atomic E-state index is -1.71. The highest BCUT2D eigenvalue weighted by Gasteiger charge is 2.20. The Labute approximate surface area is 217 Å². The Morgan fingerprint density at radius 3 is 2.08 bits per heavy atom. The average Bonchev–Trinajstić information content (AvgIpc) is 2.92. The van der Waals surface area contributed by atoms with Crippen LogP contribution in [-0.2, 0) is 20.5 Å². The van der Waals surface area contributed by atoms with Crippen LogP contribution >= 0.6 is 0 Å². The lowest BCUT2D eigenvalue weighted by molar-refractivity contribution is 0.0593. The number of hydrogen-bond acceptors (Lipinski definition) is 8. The van der Waals surface area contributed by atoms with Gasteiger partial charge in [0.05, 0.1) is 42.5 Å². The number of hydrogen-bond donors (Lipinski definition) is 2. The Morgan fingerprint density at radius 1 is 0.865 bits per heavy atom. The molecular weight excluding hydrogens is 496 g/mol. The van der Waals surface area contributed by atoms with Crippen LogP contribution in [0.1, 0.15) is 56.4 Å². The molecule has 0 spiro atoms. The maximum atomic E-state index is 13.1. The van der Waals surface area contributed by atoms with Crippen LogP contribution in [0.4, 0.5) is 11.4 Å². The third-order valence-corrected chi connectivity index (χ3v) is 6.52. The predicted octanol–water partition coefficient (Wildman–Crippen LogP) is 4.39. The second-order valence-electron chi connectivity index (χ2n) is 7.92. The van der Waals surface area contributed by atoms with Gasteiger partial charge >= 0.3 is 11.9 Å². The molecule has 0 aliphatic rings. The number of nitrogens with two attached hydrogens (primary N) is 1. The number of anilines is 2. The van der Waals surface area contributed by atoms with E-state index in [9.17, 15) is 18.6 Å². The van der Waals surface area contributed by atoms with Crippen LogP contribution in [0.3, 0.4) is 0 Å². The third kappa shape index (κ3) is 6.73. The molecule has 0 fully saturated rings. The zero-order valence-electron chi connectivity index (χ0n) is 20.7. The van der Waals surface area contributed by atoms with Gasteiger partial charge in [0.25, 0.3) is 0 Å². The molecule has 0 saturated carbocycles. The second kappa shape index (κ2) is 12.7. The summed E-state index contributed by atoms with van der Waals surface area (Å²) in [5.74, 6) is -1.18. The number of methoxy groups -OCH3 is 2. The first-order valence-corrected chi connectivity index (χ1v) is 12.6. The number of esters is 2. The fourth-order valence-corrected chi connectivity index (χ4v) is 4.24. The number of ether oxygens (including phenoxy) is 3. The maximum absolute atomic E-state index is 13.1. The fourth-order valence-electron chi connectivity index (χ4n) is 3.36. The SMILES string of the molecule is CCCCOc1ccc(S(=O)Nc2ccc(C(=O)c3ccc(N)c(C(=O)OC)c3)cc2C(=O)OC)cc1. The van der Waals surface area contributed by atoms with E-state index in [1.54, 1.807) is 24.3 Å². The number of nitrogen functional groups attached to an aromatic ring is 1. The van der Waals surface area contributed by atoms with Crippen LogP contribution in [0.5, 0.6) is 5.75 Å². The van der Waals surface area contributed by atoms with Crippen molar-refractivity contribution >= 4 is 40.1 Å². The lowest BCUT2D eigenvalue weighted by Crippen LogP contribution is -2.13. The van der Waals surface area contributed by atoms with Gasteiger partial charge in [0.2, 0.25) is 0 Å². The highest BCUT2D eigenvalue weighted by atomic mass is 32.2. The lowest BCUT2D eigenvalue weighted by atomic mass is 9.98. The Kier molecular flexibility index (Phi) is 9.39. The number of benzene rings is 3. The van der Waals surface area contributed by atoms with Gasteiger partial charge in [-0.15, -0.1) is 0 Å². The van der Waals surface area contributed by atoms with Gasteiger partial charge in [0.1, 0.15) is 16.7 Å². The molecule has 37 heavy (non-hydrogen) atoms. The molecule has 0 amide bonds. The Bertz CT molecular complexity index is 1320. The monoisotopic (exact) mass is 524 g/mol. The van der Waals surface area contributed by atoms with Gasteiger partial charge < -0.3 is 24.7 Å². The molecule has 0 aromatic heterocycles. The molecule has 0 saturated heterocycles. The largest absolute Gasteiger partial charge is 0.494 e. The maximum Gasteiger partial charge on any atom is 0.340 e. The van der Waals surface area contributed by atoms with Gasteiger partial charge in [-0.1, -0.05) is 13.3 Å². The number of carbonyl (C=O) groups excluding carboxylic acids is 3. The molecule has 3 aromatic carbocycles. The molecule has 0 bridgehead atoms. The molecule has 9 nitrogen and oxygen atoms in total. The smallest absolute Gasteiger partial charge is 0.340 e. The van der Waals surface area contributed by atoms with E-state index in [1.165, 1.54) is 50.6 Å². The summed E-state index contributed by atoms with van der Waals surface area (Å²) in [7, 11) is 0.711. The zero-order chi connectivity index (χ0) is 26.9. The van der Waals surface area contributed by atoms with E-state index in [0.717, 1.165) is 12.8 Å². The summed E-state index contributed by atoms with van der Waals surface area (Å²) < 4.78 is 30.9. The van der Waals surface area contributed by atoms with E-state index < -0.39 is 28.7 Å². The van der Waals surface area contributed by atoms with E-state index in [-0.39, 0.29) is 33.6 Å². The Balaban J connectivity index is 1.85. The van der Waals surface area contributed by atoms with Crippen LogP contribution < -0.4 is 15.2 Å². The molecular formula is C27H28N2O7S. The number of ketones is 1. The van der Waals surface area contributed by atoms with Gasteiger partial charge in [-0.3, -0.25) is 4.79 Å². The van der Waals surface area contributed by atoms with E-state index in [2.05, 4.69) is 11.6 Å². The Morgan fingerprint density at radius 2 is 1.46 bits per heavy atom. The van der Waals surface area contributed by atoms with Crippen molar-refractivity contribution in [2.24, 2.45) is 0 Å². The summed E-state index contributed by atoms with van der Waals surface area (Å²) in [5, 5.41) is 0. The number of unbranched alkanes of at least 4 members (excludes halogenated alkanes) is 1. The van der Waals surface area contributed by atoms with Crippen LogP contribution in [0, 0.1) is 0 Å². The summed E-state index contributed by atoms with van der Waals surface area (Å²) in [6, 6.07) is 15.3. The average molecular weight is 525 g/mol. The molecule has 3 rings (SSSR count). The summed E-state index contributed by atoms with van der Waals surface area (Å²) >= 11 is 0. The van der Waals surface area contributed by atoms with Crippen molar-refractivity contribution in [3.8, 4) is 5.75 Å². The van der Waals surface area contributed by atoms with Crippen molar-refractivity contribution in [3.05, 3.63) is 82.9 Å². The van der Waals surface area contributed by atoms with Gasteiger partial charge in [0.15, 0.2) is 5.78 Å². The molecule has 0 aliphatic heterocycles. The van der Waals surface area contributed by atoms with E-state index in [0.29, 0.717) is 17.3 Å². The van der Waals surface area contributed by atoms with Crippen molar-refractivity contribution in [1.82, 2.24) is 0 Å². The summed E-state index contributed by atoms with van der Waals surface area (Å²) in [6.45, 7) is 2.68. The zero-order valence-corrected chi connectivity index (χ0v) is 21.6. The van der Waals surface area contributed by atoms with Crippen LogP contribution in [0.25, 0.3) is 0 Å². The minimum Gasteiger partial charge on any atom is -0.494 e. The Hall–Kier alpha value is -4.18. The highest BCUT2D eigenvalue weighted by Crippen LogP contribution is 2.25. The van der Waals surface area contributed by atoms with E-state index in [1.807, 2.05) is 0 Å². The van der Waals surface area contributed by atoms with Crippen LogP contribution in [0.2, 0.25) is 0 Å². The fraction of sp³-hybridized carbons (Fsp3) is 0.222. The standard InChI is InChI=1S/C27H28N2O7S/c1-4-5-14-36-19-8-10-20(11-9-19)37(33)29-24-13-7-18(16-22(24)27(32)35-3)25(30)17-6-12-23(28)21(15-17)26(31)34-2/h6-13,15-16,29H,4-5,14,28H2,1-3H3. The quantitative estimate of drug-likeness (QED) is 0.163. The van der Waals surface area contributed by atoms with Gasteiger partial charge in [-0.25, -0.2) is 13.8 Å². The number of rotatable bonds is 11. The second-order valence-corrected chi connectivity index (χ2v) is 9.13. The summed E-state index contributed by atoms with van der Waals surface area (Å²) in [5.41, 5.74) is 6.61. The summed E-state index contributed by atoms with van der Waals surface area (Å²) in [6.07, 6.45) is 1.96. The first-order valence-electron chi connectivity index (χ1n) is 11.4. The normalized spacial score (nSPS) is 11.3. The minimum absolute atomic E-state index is 0.0184.